The molecule has 0 radical (unpaired) electrons. The van der Waals surface area contributed by atoms with Gasteiger partial charge in [-0.15, -0.1) is 0 Å². The lowest BCUT2D eigenvalue weighted by Crippen LogP contribution is -2.61. The number of fused-ring (bicyclic) bond motifs is 1. The molecule has 0 aliphatic heterocycles. The van der Waals surface area contributed by atoms with Crippen LogP contribution in [0.5, 0.6) is 0 Å². The molecule has 2 aliphatic rings. The summed E-state index contributed by atoms with van der Waals surface area (Å²) in [6.07, 6.45) is 10.4. The van der Waals surface area contributed by atoms with Crippen LogP contribution in [0.15, 0.2) is 36.5 Å². The van der Waals surface area contributed by atoms with Crippen LogP contribution >= 0.6 is 0 Å². The Kier molecular flexibility index (Phi) is 5.14. The number of hydrogen-bond acceptors (Lipinski definition) is 4. The first-order valence-electron chi connectivity index (χ1n) is 8.05. The molecular formula is C18H26O5. The molecule has 128 valence electrons. The molecule has 0 unspecified atom stereocenters. The molecule has 1 fully saturated rings. The zero-order valence-electron chi connectivity index (χ0n) is 13.6. The van der Waals surface area contributed by atoms with E-state index in [-0.39, 0.29) is 30.3 Å². The van der Waals surface area contributed by atoms with Gasteiger partial charge in [0.25, 0.3) is 0 Å². The summed E-state index contributed by atoms with van der Waals surface area (Å²) in [5.74, 6) is -0.833. The summed E-state index contributed by atoms with van der Waals surface area (Å²) in [5, 5.41) is 40.0. The van der Waals surface area contributed by atoms with Gasteiger partial charge in [-0.1, -0.05) is 31.2 Å². The zero-order valence-corrected chi connectivity index (χ0v) is 13.6. The highest BCUT2D eigenvalue weighted by molar-refractivity contribution is 5.80. The van der Waals surface area contributed by atoms with Crippen LogP contribution in [-0.4, -0.2) is 44.2 Å². The first kappa shape index (κ1) is 17.9. The second-order valence-corrected chi connectivity index (χ2v) is 7.08. The number of rotatable bonds is 4. The minimum Gasteiger partial charge on any atom is -0.478 e. The van der Waals surface area contributed by atoms with Crippen molar-refractivity contribution in [2.75, 3.05) is 6.61 Å². The van der Waals surface area contributed by atoms with E-state index in [2.05, 4.69) is 0 Å². The van der Waals surface area contributed by atoms with Crippen molar-refractivity contribution in [1.29, 1.82) is 0 Å². The maximum absolute atomic E-state index is 11.3. The fourth-order valence-electron chi connectivity index (χ4n) is 4.23. The third-order valence-electron chi connectivity index (χ3n) is 5.33. The van der Waals surface area contributed by atoms with E-state index in [1.807, 2.05) is 13.0 Å². The summed E-state index contributed by atoms with van der Waals surface area (Å²) in [7, 11) is 0. The number of carboxylic acids is 1. The molecule has 0 bridgehead atoms. The van der Waals surface area contributed by atoms with Crippen LogP contribution in [0.25, 0.3) is 0 Å². The summed E-state index contributed by atoms with van der Waals surface area (Å²) in [6.45, 7) is 3.73. The average molecular weight is 322 g/mol. The molecular weight excluding hydrogens is 296 g/mol. The number of aliphatic carboxylic acids is 1. The monoisotopic (exact) mass is 322 g/mol. The first-order valence-corrected chi connectivity index (χ1v) is 8.05. The van der Waals surface area contributed by atoms with E-state index in [1.165, 1.54) is 18.2 Å². The van der Waals surface area contributed by atoms with Crippen LogP contribution in [-0.2, 0) is 4.79 Å². The first-order chi connectivity index (χ1) is 10.7. The second kappa shape index (κ2) is 6.59. The van der Waals surface area contributed by atoms with Gasteiger partial charge in [0.2, 0.25) is 0 Å². The Bertz CT molecular complexity index is 534. The lowest BCUT2D eigenvalue weighted by Gasteiger charge is -2.54. The normalized spacial score (nSPS) is 43.9. The highest BCUT2D eigenvalue weighted by Crippen LogP contribution is 2.51. The molecule has 6 atom stereocenters. The van der Waals surface area contributed by atoms with Crippen LogP contribution < -0.4 is 0 Å². The molecule has 0 amide bonds. The van der Waals surface area contributed by atoms with E-state index < -0.39 is 17.2 Å². The van der Waals surface area contributed by atoms with Crippen molar-refractivity contribution in [2.45, 2.75) is 37.9 Å². The predicted molar refractivity (Wildman–Crippen MR) is 86.6 cm³/mol. The van der Waals surface area contributed by atoms with Crippen LogP contribution in [0, 0.1) is 23.7 Å². The molecule has 2 rings (SSSR count). The van der Waals surface area contributed by atoms with Gasteiger partial charge in [-0.2, -0.15) is 0 Å². The molecule has 2 aliphatic carbocycles. The van der Waals surface area contributed by atoms with Gasteiger partial charge in [0.05, 0.1) is 0 Å². The Morgan fingerprint density at radius 2 is 2.00 bits per heavy atom. The topological polar surface area (TPSA) is 98.0 Å². The predicted octanol–water partition coefficient (Wildman–Crippen LogP) is 1.51. The highest BCUT2D eigenvalue weighted by atomic mass is 16.4. The van der Waals surface area contributed by atoms with Crippen molar-refractivity contribution in [3.05, 3.63) is 36.5 Å². The average Bonchev–Trinajstić information content (AvgIpc) is 2.47. The van der Waals surface area contributed by atoms with Gasteiger partial charge in [0, 0.05) is 18.6 Å². The molecule has 4 N–H and O–H groups in total. The SMILES string of the molecule is C[C@@H]1C[C@H](CO)C[C@@H]2C=C[C@@](C)(O)[C@](O)(/C=C/C=C/C(=O)O)[C@@H]12. The van der Waals surface area contributed by atoms with Gasteiger partial charge in [-0.05, 0) is 43.6 Å². The van der Waals surface area contributed by atoms with E-state index in [9.17, 15) is 20.1 Å². The Balaban J connectivity index is 2.35. The van der Waals surface area contributed by atoms with Crippen LogP contribution in [0.1, 0.15) is 26.7 Å². The number of aliphatic hydroxyl groups excluding tert-OH is 1. The van der Waals surface area contributed by atoms with Gasteiger partial charge in [-0.25, -0.2) is 4.79 Å². The third-order valence-corrected chi connectivity index (χ3v) is 5.33. The molecule has 0 saturated heterocycles. The maximum atomic E-state index is 11.3. The molecule has 1 saturated carbocycles. The van der Waals surface area contributed by atoms with Crippen molar-refractivity contribution >= 4 is 5.97 Å². The van der Waals surface area contributed by atoms with E-state index >= 15 is 0 Å². The molecule has 23 heavy (non-hydrogen) atoms. The highest BCUT2D eigenvalue weighted by Gasteiger charge is 2.56. The second-order valence-electron chi connectivity index (χ2n) is 7.08. The van der Waals surface area contributed by atoms with E-state index in [0.29, 0.717) is 0 Å². The molecule has 0 heterocycles. The summed E-state index contributed by atoms with van der Waals surface area (Å²) >= 11 is 0. The molecule has 0 aromatic heterocycles. The molecule has 0 aromatic carbocycles. The minimum atomic E-state index is -1.48. The molecule has 5 nitrogen and oxygen atoms in total. The lowest BCUT2D eigenvalue weighted by atomic mass is 9.55. The standard InChI is InChI=1S/C18H26O5/c1-12-9-13(11-19)10-14-6-8-17(2,22)18(23,16(12)14)7-4-3-5-15(20)21/h3-8,12-14,16,19,22-23H,9-11H2,1-2H3,(H,20,21)/b5-3+,7-4+/t12-,13+,14+,16+,17-,18+/m1/s1. The minimum absolute atomic E-state index is 0.0780. The maximum Gasteiger partial charge on any atom is 0.328 e. The van der Waals surface area contributed by atoms with Gasteiger partial charge in [-0.3, -0.25) is 0 Å². The quantitative estimate of drug-likeness (QED) is 0.357. The summed E-state index contributed by atoms with van der Waals surface area (Å²) in [5.41, 5.74) is -2.91. The van der Waals surface area contributed by atoms with Gasteiger partial charge in [0.1, 0.15) is 11.2 Å². The number of hydrogen-bond donors (Lipinski definition) is 4. The summed E-state index contributed by atoms with van der Waals surface area (Å²) < 4.78 is 0. The largest absolute Gasteiger partial charge is 0.478 e. The fourth-order valence-corrected chi connectivity index (χ4v) is 4.23. The summed E-state index contributed by atoms with van der Waals surface area (Å²) in [6, 6.07) is 0. The van der Waals surface area contributed by atoms with Crippen molar-refractivity contribution in [2.24, 2.45) is 23.7 Å². The van der Waals surface area contributed by atoms with Gasteiger partial charge >= 0.3 is 5.97 Å². The van der Waals surface area contributed by atoms with E-state index in [0.717, 1.165) is 18.9 Å². The number of carboxylic acid groups (broad SMARTS) is 1. The molecule has 5 heteroatoms. The van der Waals surface area contributed by atoms with Crippen molar-refractivity contribution < 1.29 is 25.2 Å². The Morgan fingerprint density at radius 3 is 2.61 bits per heavy atom. The van der Waals surface area contributed by atoms with E-state index in [4.69, 9.17) is 5.11 Å². The van der Waals surface area contributed by atoms with Crippen LogP contribution in [0.4, 0.5) is 0 Å². The van der Waals surface area contributed by atoms with Crippen molar-refractivity contribution in [1.82, 2.24) is 0 Å². The Labute approximate surface area is 136 Å². The number of carbonyl (C=O) groups is 1. The zero-order chi connectivity index (χ0) is 17.3. The Hall–Kier alpha value is -1.43. The number of aliphatic hydroxyl groups is 3. The van der Waals surface area contributed by atoms with Crippen LogP contribution in [0.3, 0.4) is 0 Å². The van der Waals surface area contributed by atoms with Gasteiger partial charge in [0.15, 0.2) is 0 Å². The van der Waals surface area contributed by atoms with Crippen molar-refractivity contribution in [3.63, 3.8) is 0 Å². The molecule has 0 aromatic rings. The molecule has 0 spiro atoms. The van der Waals surface area contributed by atoms with E-state index in [1.54, 1.807) is 13.0 Å². The van der Waals surface area contributed by atoms with Crippen molar-refractivity contribution in [3.8, 4) is 0 Å². The summed E-state index contributed by atoms with van der Waals surface area (Å²) in [4.78, 5) is 10.5. The Morgan fingerprint density at radius 1 is 1.30 bits per heavy atom. The van der Waals surface area contributed by atoms with Crippen LogP contribution in [0.2, 0.25) is 0 Å². The third kappa shape index (κ3) is 3.42. The van der Waals surface area contributed by atoms with Gasteiger partial charge < -0.3 is 20.4 Å². The lowest BCUT2D eigenvalue weighted by molar-refractivity contribution is -0.156. The number of allylic oxidation sites excluding steroid dienone is 3. The smallest absolute Gasteiger partial charge is 0.328 e. The fraction of sp³-hybridized carbons (Fsp3) is 0.611.